The molecule has 2 N–H and O–H groups in total. The van der Waals surface area contributed by atoms with Crippen molar-refractivity contribution >= 4 is 51.9 Å². The molecule has 0 radical (unpaired) electrons. The number of nitro benzene ring substituents is 2. The van der Waals surface area contributed by atoms with Crippen LogP contribution in [0.25, 0.3) is 22.5 Å². The van der Waals surface area contributed by atoms with Crippen LogP contribution in [0.15, 0.2) is 110 Å². The third-order valence-electron chi connectivity index (χ3n) is 6.88. The Labute approximate surface area is 306 Å². The molecule has 0 unspecified atom stereocenters. The molecule has 0 saturated carbocycles. The number of ether oxygens (including phenoxy) is 2. The first kappa shape index (κ1) is 37.9. The lowest BCUT2D eigenvalue weighted by atomic mass is 10.1. The molecule has 0 aliphatic rings. The van der Waals surface area contributed by atoms with Crippen molar-refractivity contribution in [3.8, 4) is 34.0 Å². The summed E-state index contributed by atoms with van der Waals surface area (Å²) in [6, 6.07) is 27.6. The van der Waals surface area contributed by atoms with Gasteiger partial charge in [-0.3, -0.25) is 20.2 Å². The molecule has 260 valence electrons. The number of hydrogen-bond acceptors (Lipinski definition) is 11. The van der Waals surface area contributed by atoms with Gasteiger partial charge in [-0.2, -0.15) is 0 Å². The minimum absolute atomic E-state index is 0.101. The fraction of sp³-hybridized carbons (Fsp3) is 0.0857. The maximum atomic E-state index is 11.0. The second-order valence-electron chi connectivity index (χ2n) is 10.2. The van der Waals surface area contributed by atoms with Crippen molar-refractivity contribution in [1.82, 2.24) is 19.9 Å². The van der Waals surface area contributed by atoms with Crippen molar-refractivity contribution in [1.29, 1.82) is 0 Å². The van der Waals surface area contributed by atoms with E-state index in [9.17, 15) is 20.2 Å². The number of para-hydroxylation sites is 2. The zero-order chi connectivity index (χ0) is 36.9. The molecule has 0 saturated heterocycles. The van der Waals surface area contributed by atoms with Crippen LogP contribution in [-0.4, -0.2) is 44.0 Å². The molecule has 6 aromatic rings. The average Bonchev–Trinajstić information content (AvgIpc) is 3.14. The first-order valence-electron chi connectivity index (χ1n) is 14.7. The van der Waals surface area contributed by atoms with Crippen LogP contribution in [-0.2, 0) is 6.42 Å². The number of nitrogens with zero attached hydrogens (tertiary/aromatic N) is 6. The van der Waals surface area contributed by atoms with Crippen molar-refractivity contribution in [3.05, 3.63) is 156 Å². The minimum atomic E-state index is -0.571. The molecule has 4 aromatic carbocycles. The largest absolute Gasteiger partial charge is 0.496 e. The summed E-state index contributed by atoms with van der Waals surface area (Å²) in [4.78, 5) is 36.7. The van der Waals surface area contributed by atoms with Crippen molar-refractivity contribution in [2.75, 3.05) is 20.0 Å². The Morgan fingerprint density at radius 3 is 1.69 bits per heavy atom. The number of halogens is 3. The number of hydrogen-bond donors (Lipinski definition) is 1. The SMILES string of the molecule is COc1ccccc1-c1cc(Cc2ccc(Cl)c([N+](=O)[O-])c2)ncn1.COc1ccccc1-c1cc(Cl)ncn1.Nc1ccc(Cl)c([N+](=O)[O-])c1. The van der Waals surface area contributed by atoms with E-state index in [0.717, 1.165) is 39.5 Å². The van der Waals surface area contributed by atoms with Crippen LogP contribution in [0.4, 0.5) is 17.1 Å². The fourth-order valence-electron chi connectivity index (χ4n) is 4.52. The third kappa shape index (κ3) is 10.5. The normalized spacial score (nSPS) is 10.1. The van der Waals surface area contributed by atoms with Gasteiger partial charge in [-0.25, -0.2) is 19.9 Å². The molecule has 0 spiro atoms. The van der Waals surface area contributed by atoms with Gasteiger partial charge in [-0.1, -0.05) is 65.1 Å². The quantitative estimate of drug-likeness (QED) is 0.0679. The lowest BCUT2D eigenvalue weighted by molar-refractivity contribution is -0.384. The van der Waals surface area contributed by atoms with Gasteiger partial charge in [0.25, 0.3) is 11.4 Å². The van der Waals surface area contributed by atoms with E-state index in [1.54, 1.807) is 26.4 Å². The third-order valence-corrected chi connectivity index (χ3v) is 7.73. The van der Waals surface area contributed by atoms with Gasteiger partial charge in [0.05, 0.1) is 35.5 Å². The van der Waals surface area contributed by atoms with Crippen molar-refractivity contribution in [2.24, 2.45) is 0 Å². The molecular weight excluding hydrogens is 721 g/mol. The Morgan fingerprint density at radius 1 is 0.647 bits per heavy atom. The van der Waals surface area contributed by atoms with E-state index in [-0.39, 0.29) is 21.4 Å². The molecule has 13 nitrogen and oxygen atoms in total. The van der Waals surface area contributed by atoms with E-state index in [1.807, 2.05) is 54.6 Å². The van der Waals surface area contributed by atoms with E-state index in [1.165, 1.54) is 43.0 Å². The van der Waals surface area contributed by atoms with Gasteiger partial charge in [0.1, 0.15) is 39.4 Å². The van der Waals surface area contributed by atoms with Crippen LogP contribution < -0.4 is 15.2 Å². The highest BCUT2D eigenvalue weighted by molar-refractivity contribution is 6.33. The summed E-state index contributed by atoms with van der Waals surface area (Å²) >= 11 is 17.1. The Hall–Kier alpha value is -5.89. The first-order chi connectivity index (χ1) is 24.5. The van der Waals surface area contributed by atoms with Gasteiger partial charge >= 0.3 is 0 Å². The van der Waals surface area contributed by atoms with E-state index < -0.39 is 9.85 Å². The Balaban J connectivity index is 0.000000190. The first-order valence-corrected chi connectivity index (χ1v) is 15.8. The van der Waals surface area contributed by atoms with Crippen LogP contribution in [0, 0.1) is 20.2 Å². The molecule has 2 aromatic heterocycles. The molecule has 0 aliphatic carbocycles. The summed E-state index contributed by atoms with van der Waals surface area (Å²) in [5.74, 6) is 1.49. The Kier molecular flexibility index (Phi) is 13.5. The van der Waals surface area contributed by atoms with E-state index in [2.05, 4.69) is 19.9 Å². The monoisotopic (exact) mass is 747 g/mol. The van der Waals surface area contributed by atoms with E-state index >= 15 is 0 Å². The average molecular weight is 749 g/mol. The van der Waals surface area contributed by atoms with Crippen LogP contribution in [0.1, 0.15) is 11.3 Å². The lowest BCUT2D eigenvalue weighted by Crippen LogP contribution is -1.97. The Morgan fingerprint density at radius 2 is 1.16 bits per heavy atom. The summed E-state index contributed by atoms with van der Waals surface area (Å²) in [5.41, 5.74) is 10.1. The molecule has 0 aliphatic heterocycles. The highest BCUT2D eigenvalue weighted by Crippen LogP contribution is 2.31. The number of nitrogen functional groups attached to an aromatic ring is 1. The number of aromatic nitrogens is 4. The second-order valence-corrected chi connectivity index (χ2v) is 11.4. The predicted octanol–water partition coefficient (Wildman–Crippen LogP) is 8.94. The standard InChI is InChI=1S/C18H14ClN3O3.C11H9ClN2O.C6H5ClN2O2/c1-25-18-5-3-2-4-14(18)16-10-13(20-11-21-16)8-12-6-7-15(19)17(9-12)22(23)24;1-15-10-5-3-2-4-8(10)9-6-11(12)14-7-13-9;7-5-2-1-4(8)3-6(5)9(10)11/h2-7,9-11H,8H2,1H3;2-7H,1H3;1-3H,8H2. The van der Waals surface area contributed by atoms with Gasteiger partial charge in [-0.15, -0.1) is 0 Å². The molecule has 6 rings (SSSR count). The van der Waals surface area contributed by atoms with Gasteiger partial charge in [-0.05, 0) is 54.1 Å². The summed E-state index contributed by atoms with van der Waals surface area (Å²) in [6.07, 6.45) is 3.34. The lowest BCUT2D eigenvalue weighted by Gasteiger charge is -2.08. The zero-order valence-electron chi connectivity index (χ0n) is 26.9. The molecule has 51 heavy (non-hydrogen) atoms. The van der Waals surface area contributed by atoms with Gasteiger partial charge < -0.3 is 15.2 Å². The van der Waals surface area contributed by atoms with Crippen molar-refractivity contribution in [3.63, 3.8) is 0 Å². The molecule has 0 atom stereocenters. The molecule has 16 heteroatoms. The fourth-order valence-corrected chi connectivity index (χ4v) is 5.04. The minimum Gasteiger partial charge on any atom is -0.496 e. The number of nitrogens with two attached hydrogens (primary N) is 1. The highest BCUT2D eigenvalue weighted by Gasteiger charge is 2.14. The summed E-state index contributed by atoms with van der Waals surface area (Å²) in [5, 5.41) is 21.9. The summed E-state index contributed by atoms with van der Waals surface area (Å²) in [6.45, 7) is 0. The molecule has 2 heterocycles. The second kappa shape index (κ2) is 18.2. The number of nitro groups is 2. The van der Waals surface area contributed by atoms with Crippen LogP contribution in [0.5, 0.6) is 11.5 Å². The molecule has 0 amide bonds. The molecule has 0 bridgehead atoms. The van der Waals surface area contributed by atoms with Gasteiger partial charge in [0, 0.05) is 47.1 Å². The van der Waals surface area contributed by atoms with Crippen LogP contribution in [0.2, 0.25) is 15.2 Å². The maximum absolute atomic E-state index is 11.0. The molecule has 0 fully saturated rings. The van der Waals surface area contributed by atoms with Gasteiger partial charge in [0.15, 0.2) is 0 Å². The smallest absolute Gasteiger partial charge is 0.289 e. The summed E-state index contributed by atoms with van der Waals surface area (Å²) < 4.78 is 10.6. The number of rotatable bonds is 8. The van der Waals surface area contributed by atoms with E-state index in [4.69, 9.17) is 50.0 Å². The number of anilines is 1. The number of methoxy groups -OCH3 is 2. The zero-order valence-corrected chi connectivity index (χ0v) is 29.2. The highest BCUT2D eigenvalue weighted by atomic mass is 35.5. The maximum Gasteiger partial charge on any atom is 0.289 e. The topological polar surface area (TPSA) is 182 Å². The van der Waals surface area contributed by atoms with Gasteiger partial charge in [0.2, 0.25) is 0 Å². The summed E-state index contributed by atoms with van der Waals surface area (Å²) in [7, 11) is 3.23. The van der Waals surface area contributed by atoms with Crippen LogP contribution >= 0.6 is 34.8 Å². The predicted molar refractivity (Wildman–Crippen MR) is 196 cm³/mol. The Bertz CT molecular complexity index is 2160. The van der Waals surface area contributed by atoms with Crippen molar-refractivity contribution < 1.29 is 19.3 Å². The van der Waals surface area contributed by atoms with Crippen molar-refractivity contribution in [2.45, 2.75) is 6.42 Å². The van der Waals surface area contributed by atoms with Crippen LogP contribution in [0.3, 0.4) is 0 Å². The molecular formula is C35H28Cl3N7O6. The van der Waals surface area contributed by atoms with E-state index in [0.29, 0.717) is 23.0 Å². The number of benzene rings is 4.